The topological polar surface area (TPSA) is 60.4 Å². The minimum absolute atomic E-state index is 0.148. The number of ketones is 1. The van der Waals surface area contributed by atoms with Gasteiger partial charge in [0.15, 0.2) is 0 Å². The Morgan fingerprint density at radius 3 is 1.90 bits per heavy atom. The summed E-state index contributed by atoms with van der Waals surface area (Å²) >= 11 is 0. The van der Waals surface area contributed by atoms with Crippen LogP contribution < -0.4 is 0 Å². The Morgan fingerprint density at radius 2 is 1.50 bits per heavy atom. The second-order valence-corrected chi connectivity index (χ2v) is 12.7. The lowest BCUT2D eigenvalue weighted by Crippen LogP contribution is -2.63. The Kier molecular flexibility index (Phi) is 7.30. The van der Waals surface area contributed by atoms with Crippen LogP contribution in [0.25, 0.3) is 0 Å². The normalized spacial score (nSPS) is 26.1. The zero-order valence-corrected chi connectivity index (χ0v) is 17.7. The summed E-state index contributed by atoms with van der Waals surface area (Å²) in [5, 5.41) is -6.92. The van der Waals surface area contributed by atoms with Gasteiger partial charge >= 0.3 is 33.4 Å². The molecule has 0 spiro atoms. The van der Waals surface area contributed by atoms with Crippen LogP contribution in [-0.2, 0) is 18.5 Å². The van der Waals surface area contributed by atoms with Crippen molar-refractivity contribution in [3.63, 3.8) is 0 Å². The van der Waals surface area contributed by atoms with Crippen LogP contribution in [0.2, 0.25) is 0 Å². The van der Waals surface area contributed by atoms with Gasteiger partial charge in [-0.3, -0.25) is 4.79 Å². The minimum atomic E-state index is -7.37. The smallest absolute Gasteiger partial charge is 0.299 e. The highest BCUT2D eigenvalue weighted by molar-refractivity contribution is 8.33. The van der Waals surface area contributed by atoms with Crippen LogP contribution in [0, 0.1) is 5.41 Å². The van der Waals surface area contributed by atoms with E-state index in [1.54, 1.807) is 13.8 Å². The number of alkyl halides is 9. The number of halogens is 9. The molecule has 0 aliphatic carbocycles. The number of Topliss-reactive ketones (excluding diaryl/α,β-unsaturated/α-hetero) is 1. The van der Waals surface area contributed by atoms with Gasteiger partial charge in [-0.05, 0) is 18.3 Å². The zero-order valence-electron chi connectivity index (χ0n) is 16.1. The number of rotatable bonds is 8. The standard InChI is InChI=1S/C15H21F9O4S2/c1-4-10(25)8-29(7-5-6-11(2,3)9-29)28-30(26,27)15(23,24)13(18,19)12(16,17)14(20,21)22/h4-9H2,1-3H3. The monoisotopic (exact) mass is 500 g/mol. The van der Waals surface area contributed by atoms with Crippen molar-refractivity contribution in [2.45, 2.75) is 63.3 Å². The molecule has 0 radical (unpaired) electrons. The van der Waals surface area contributed by atoms with Crippen LogP contribution in [0.1, 0.15) is 40.0 Å². The summed E-state index contributed by atoms with van der Waals surface area (Å²) in [6.07, 6.45) is -6.76. The van der Waals surface area contributed by atoms with Crippen molar-refractivity contribution in [3.05, 3.63) is 0 Å². The molecule has 0 aromatic rings. The van der Waals surface area contributed by atoms with E-state index in [1.807, 2.05) is 0 Å². The first kappa shape index (κ1) is 27.3. The third kappa shape index (κ3) is 4.87. The molecule has 1 saturated heterocycles. The number of hydrogen-bond acceptors (Lipinski definition) is 4. The van der Waals surface area contributed by atoms with Crippen molar-refractivity contribution >= 4 is 26.2 Å². The Bertz CT molecular complexity index is 763. The van der Waals surface area contributed by atoms with Gasteiger partial charge < -0.3 is 0 Å². The second kappa shape index (κ2) is 8.01. The van der Waals surface area contributed by atoms with Gasteiger partial charge in [0.25, 0.3) is 0 Å². The van der Waals surface area contributed by atoms with Gasteiger partial charge in [-0.1, -0.05) is 20.8 Å². The van der Waals surface area contributed by atoms with Gasteiger partial charge in [-0.15, -0.1) is 10.3 Å². The molecular weight excluding hydrogens is 479 g/mol. The molecule has 1 fully saturated rings. The molecule has 1 rings (SSSR count). The van der Waals surface area contributed by atoms with Crippen LogP contribution in [0.15, 0.2) is 0 Å². The maximum Gasteiger partial charge on any atom is 0.460 e. The first-order chi connectivity index (χ1) is 13.1. The molecule has 15 heteroatoms. The van der Waals surface area contributed by atoms with Crippen LogP contribution in [-0.4, -0.2) is 54.7 Å². The molecule has 0 N–H and O–H groups in total. The third-order valence-electron chi connectivity index (χ3n) is 4.51. The molecule has 1 heterocycles. The van der Waals surface area contributed by atoms with E-state index >= 15 is 0 Å². The Balaban J connectivity index is 3.47. The number of carbonyl (C=O) groups is 1. The predicted octanol–water partition coefficient (Wildman–Crippen LogP) is 5.28. The fourth-order valence-electron chi connectivity index (χ4n) is 3.02. The minimum Gasteiger partial charge on any atom is -0.299 e. The van der Waals surface area contributed by atoms with Gasteiger partial charge in [0.05, 0.1) is 5.75 Å². The van der Waals surface area contributed by atoms with Crippen molar-refractivity contribution in [3.8, 4) is 0 Å². The van der Waals surface area contributed by atoms with Crippen molar-refractivity contribution in [2.75, 3.05) is 17.3 Å². The molecular formula is C15H21F9O4S2. The summed E-state index contributed by atoms with van der Waals surface area (Å²) in [6, 6.07) is 0. The van der Waals surface area contributed by atoms with Gasteiger partial charge in [0.2, 0.25) is 0 Å². The fourth-order valence-corrected chi connectivity index (χ4v) is 9.40. The van der Waals surface area contributed by atoms with E-state index in [1.165, 1.54) is 6.92 Å². The highest BCUT2D eigenvalue weighted by Crippen LogP contribution is 2.62. The zero-order chi connectivity index (χ0) is 24.0. The lowest BCUT2D eigenvalue weighted by molar-refractivity contribution is -0.382. The molecule has 0 aromatic carbocycles. The van der Waals surface area contributed by atoms with E-state index in [0.29, 0.717) is 6.42 Å². The van der Waals surface area contributed by atoms with Gasteiger partial charge in [0, 0.05) is 17.9 Å². The molecule has 0 amide bonds. The van der Waals surface area contributed by atoms with Crippen molar-refractivity contribution in [1.82, 2.24) is 0 Å². The third-order valence-corrected chi connectivity index (χ3v) is 10.4. The summed E-state index contributed by atoms with van der Waals surface area (Å²) in [6.45, 7) is 4.47. The molecule has 1 aliphatic rings. The van der Waals surface area contributed by atoms with Crippen LogP contribution >= 0.6 is 10.3 Å². The van der Waals surface area contributed by atoms with E-state index in [4.69, 9.17) is 0 Å². The van der Waals surface area contributed by atoms with Gasteiger partial charge in [-0.2, -0.15) is 47.9 Å². The highest BCUT2D eigenvalue weighted by Gasteiger charge is 2.86. The summed E-state index contributed by atoms with van der Waals surface area (Å²) in [4.78, 5) is 11.9. The van der Waals surface area contributed by atoms with Crippen LogP contribution in [0.3, 0.4) is 0 Å². The van der Waals surface area contributed by atoms with Gasteiger partial charge in [-0.25, -0.2) is 3.63 Å². The van der Waals surface area contributed by atoms with E-state index in [0.717, 1.165) is 0 Å². The first-order valence-electron chi connectivity index (χ1n) is 8.51. The van der Waals surface area contributed by atoms with Crippen molar-refractivity contribution in [1.29, 1.82) is 0 Å². The lowest BCUT2D eigenvalue weighted by atomic mass is 9.90. The largest absolute Gasteiger partial charge is 0.460 e. The molecule has 180 valence electrons. The summed E-state index contributed by atoms with van der Waals surface area (Å²) in [5.41, 5.74) is -0.773. The van der Waals surface area contributed by atoms with Gasteiger partial charge in [0.1, 0.15) is 5.78 Å². The quantitative estimate of drug-likeness (QED) is 0.426. The van der Waals surface area contributed by atoms with E-state index < -0.39 is 60.7 Å². The molecule has 1 aliphatic heterocycles. The Morgan fingerprint density at radius 1 is 1.00 bits per heavy atom. The second-order valence-electron chi connectivity index (χ2n) is 7.80. The molecule has 0 bridgehead atoms. The average Bonchev–Trinajstić information content (AvgIpc) is 2.51. The molecule has 0 aromatic heterocycles. The number of carbonyl (C=O) groups excluding carboxylic acids is 1. The molecule has 30 heavy (non-hydrogen) atoms. The van der Waals surface area contributed by atoms with Crippen molar-refractivity contribution < 1.29 is 56.4 Å². The molecule has 1 unspecified atom stereocenters. The summed E-state index contributed by atoms with van der Waals surface area (Å²) in [7, 11) is -10.4. The van der Waals surface area contributed by atoms with E-state index in [9.17, 15) is 52.7 Å². The summed E-state index contributed by atoms with van der Waals surface area (Å²) < 4.78 is 146. The lowest BCUT2D eigenvalue weighted by Gasteiger charge is -2.48. The SMILES string of the molecule is CCC(=O)CS1(OS(=O)(=O)C(F)(F)C(F)(F)C(F)(F)C(F)(F)F)CCCC(C)(C)C1. The van der Waals surface area contributed by atoms with Crippen molar-refractivity contribution in [2.24, 2.45) is 5.41 Å². The Labute approximate surface area is 169 Å². The Hall–Kier alpha value is -0.700. The highest BCUT2D eigenvalue weighted by atomic mass is 32.3. The van der Waals surface area contributed by atoms with E-state index in [2.05, 4.69) is 3.63 Å². The van der Waals surface area contributed by atoms with Crippen LogP contribution in [0.5, 0.6) is 0 Å². The average molecular weight is 500 g/mol. The fraction of sp³-hybridized carbons (Fsp3) is 0.933. The van der Waals surface area contributed by atoms with E-state index in [-0.39, 0.29) is 24.3 Å². The predicted molar refractivity (Wildman–Crippen MR) is 91.4 cm³/mol. The number of hydrogen-bond donors (Lipinski definition) is 0. The molecule has 0 saturated carbocycles. The molecule has 4 nitrogen and oxygen atoms in total. The molecule has 1 atom stereocenters. The summed E-state index contributed by atoms with van der Waals surface area (Å²) in [5.74, 6) is -16.7. The maximum atomic E-state index is 14.0. The first-order valence-corrected chi connectivity index (χ1v) is 12.0. The maximum absolute atomic E-state index is 14.0. The van der Waals surface area contributed by atoms with Crippen LogP contribution in [0.4, 0.5) is 39.5 Å².